The molecule has 1 heterocycles. The van der Waals surface area contributed by atoms with Crippen LogP contribution in [0.4, 0.5) is 5.82 Å². The SMILES string of the molecule is Cc1ccc(Oc2ccc3c4c2C(=O)c2ccccc2-c4c([N+](=O)[O-])n3C)cc1. The molecular formula is C23H16N2O4. The lowest BCUT2D eigenvalue weighted by Crippen LogP contribution is -2.10. The number of fused-ring (bicyclic) bond motifs is 2. The fraction of sp³-hybridized carbons (Fsp3) is 0.0870. The molecule has 0 N–H and O–H groups in total. The number of benzene rings is 3. The molecule has 5 rings (SSSR count). The molecule has 6 nitrogen and oxygen atoms in total. The molecule has 6 heteroatoms. The summed E-state index contributed by atoms with van der Waals surface area (Å²) in [5, 5.41) is 12.4. The first-order chi connectivity index (χ1) is 14.0. The number of aromatic nitrogens is 1. The van der Waals surface area contributed by atoms with E-state index in [0.29, 0.717) is 44.7 Å². The van der Waals surface area contributed by atoms with Crippen molar-refractivity contribution in [3.05, 3.63) is 87.5 Å². The number of rotatable bonds is 3. The van der Waals surface area contributed by atoms with E-state index in [0.717, 1.165) is 5.56 Å². The Kier molecular flexibility index (Phi) is 3.58. The van der Waals surface area contributed by atoms with Gasteiger partial charge >= 0.3 is 5.82 Å². The van der Waals surface area contributed by atoms with Gasteiger partial charge in [-0.3, -0.25) is 4.79 Å². The Morgan fingerprint density at radius 2 is 1.62 bits per heavy atom. The summed E-state index contributed by atoms with van der Waals surface area (Å²) in [4.78, 5) is 24.9. The van der Waals surface area contributed by atoms with Crippen molar-refractivity contribution in [2.24, 2.45) is 7.05 Å². The highest BCUT2D eigenvalue weighted by Crippen LogP contribution is 2.49. The Hall–Kier alpha value is -3.93. The molecule has 0 radical (unpaired) electrons. The largest absolute Gasteiger partial charge is 0.457 e. The number of nitro groups is 1. The number of aryl methyl sites for hydroxylation is 2. The number of carbonyl (C=O) groups excluding carboxylic acids is 1. The van der Waals surface area contributed by atoms with Crippen LogP contribution in [0, 0.1) is 17.0 Å². The van der Waals surface area contributed by atoms with Crippen LogP contribution in [-0.2, 0) is 7.05 Å². The van der Waals surface area contributed by atoms with Crippen LogP contribution in [0.15, 0.2) is 60.7 Å². The van der Waals surface area contributed by atoms with Crippen LogP contribution < -0.4 is 4.74 Å². The second kappa shape index (κ2) is 6.04. The van der Waals surface area contributed by atoms with Crippen molar-refractivity contribution in [2.75, 3.05) is 0 Å². The van der Waals surface area contributed by atoms with Crippen molar-refractivity contribution in [3.63, 3.8) is 0 Å². The van der Waals surface area contributed by atoms with E-state index >= 15 is 0 Å². The van der Waals surface area contributed by atoms with Crippen molar-refractivity contribution in [1.82, 2.24) is 4.57 Å². The van der Waals surface area contributed by atoms with Gasteiger partial charge < -0.3 is 14.9 Å². The number of nitrogens with zero attached hydrogens (tertiary/aromatic N) is 2. The Morgan fingerprint density at radius 1 is 0.931 bits per heavy atom. The number of ether oxygens (including phenoxy) is 1. The van der Waals surface area contributed by atoms with Gasteiger partial charge in [0.25, 0.3) is 0 Å². The van der Waals surface area contributed by atoms with E-state index in [-0.39, 0.29) is 11.6 Å². The normalized spacial score (nSPS) is 12.1. The van der Waals surface area contributed by atoms with Crippen molar-refractivity contribution in [2.45, 2.75) is 6.92 Å². The van der Waals surface area contributed by atoms with Crippen LogP contribution >= 0.6 is 0 Å². The third-order valence-electron chi connectivity index (χ3n) is 5.39. The molecule has 1 aliphatic carbocycles. The van der Waals surface area contributed by atoms with Crippen LogP contribution in [0.3, 0.4) is 0 Å². The average Bonchev–Trinajstić information content (AvgIpc) is 3.01. The summed E-state index contributed by atoms with van der Waals surface area (Å²) in [5.41, 5.74) is 3.57. The van der Waals surface area contributed by atoms with Gasteiger partial charge in [0.05, 0.1) is 23.6 Å². The first-order valence-electron chi connectivity index (χ1n) is 9.15. The summed E-state index contributed by atoms with van der Waals surface area (Å²) in [7, 11) is 1.65. The fourth-order valence-electron chi connectivity index (χ4n) is 4.05. The van der Waals surface area contributed by atoms with Crippen LogP contribution in [0.1, 0.15) is 21.5 Å². The first kappa shape index (κ1) is 17.2. The summed E-state index contributed by atoms with van der Waals surface area (Å²) in [6, 6.07) is 18.0. The zero-order valence-corrected chi connectivity index (χ0v) is 15.8. The minimum atomic E-state index is -0.397. The Morgan fingerprint density at radius 3 is 2.31 bits per heavy atom. The zero-order valence-electron chi connectivity index (χ0n) is 15.8. The molecule has 1 aromatic heterocycles. The number of carbonyl (C=O) groups is 1. The van der Waals surface area contributed by atoms with Crippen molar-refractivity contribution in [3.8, 4) is 22.6 Å². The zero-order chi connectivity index (χ0) is 20.3. The molecule has 0 atom stereocenters. The van der Waals surface area contributed by atoms with E-state index in [1.807, 2.05) is 31.2 Å². The number of ketones is 1. The Bertz CT molecular complexity index is 1330. The lowest BCUT2D eigenvalue weighted by molar-refractivity contribution is -0.390. The maximum Gasteiger partial charge on any atom is 0.331 e. The average molecular weight is 384 g/mol. The lowest BCUT2D eigenvalue weighted by atomic mass is 9.85. The maximum absolute atomic E-state index is 13.4. The first-order valence-corrected chi connectivity index (χ1v) is 9.15. The number of hydrogen-bond acceptors (Lipinski definition) is 4. The molecule has 142 valence electrons. The summed E-state index contributed by atoms with van der Waals surface area (Å²) in [6.07, 6.45) is 0. The Balaban J connectivity index is 1.85. The molecule has 0 aliphatic heterocycles. The van der Waals surface area contributed by atoms with E-state index in [1.54, 1.807) is 43.4 Å². The maximum atomic E-state index is 13.4. The van der Waals surface area contributed by atoms with E-state index in [2.05, 4.69) is 0 Å². The van der Waals surface area contributed by atoms with Gasteiger partial charge in [-0.15, -0.1) is 0 Å². The second-order valence-electron chi connectivity index (χ2n) is 7.14. The topological polar surface area (TPSA) is 74.4 Å². The van der Waals surface area contributed by atoms with Gasteiger partial charge in [0.2, 0.25) is 0 Å². The minimum absolute atomic E-state index is 0.0336. The molecule has 0 fully saturated rings. The van der Waals surface area contributed by atoms with Gasteiger partial charge in [-0.05, 0) is 36.1 Å². The van der Waals surface area contributed by atoms with Gasteiger partial charge in [-0.25, -0.2) is 4.57 Å². The lowest BCUT2D eigenvalue weighted by Gasteiger charge is -2.18. The van der Waals surface area contributed by atoms with Gasteiger partial charge in [0, 0.05) is 11.1 Å². The highest BCUT2D eigenvalue weighted by atomic mass is 16.6. The molecule has 0 amide bonds. The smallest absolute Gasteiger partial charge is 0.331 e. The summed E-state index contributed by atoms with van der Waals surface area (Å²) >= 11 is 0. The summed E-state index contributed by atoms with van der Waals surface area (Å²) in [6.45, 7) is 1.98. The molecule has 0 bridgehead atoms. The predicted molar refractivity (Wildman–Crippen MR) is 110 cm³/mol. The summed E-state index contributed by atoms with van der Waals surface area (Å²) < 4.78 is 7.57. The van der Waals surface area contributed by atoms with Crippen LogP contribution in [-0.4, -0.2) is 15.3 Å². The molecule has 0 saturated heterocycles. The Labute approximate surface area is 166 Å². The third kappa shape index (κ3) is 2.39. The third-order valence-corrected chi connectivity index (χ3v) is 5.39. The van der Waals surface area contributed by atoms with Crippen LogP contribution in [0.2, 0.25) is 0 Å². The predicted octanol–water partition coefficient (Wildman–Crippen LogP) is 5.40. The van der Waals surface area contributed by atoms with Crippen molar-refractivity contribution < 1.29 is 14.5 Å². The van der Waals surface area contributed by atoms with E-state index in [4.69, 9.17) is 4.74 Å². The van der Waals surface area contributed by atoms with E-state index in [1.165, 1.54) is 4.57 Å². The monoisotopic (exact) mass is 384 g/mol. The molecule has 29 heavy (non-hydrogen) atoms. The minimum Gasteiger partial charge on any atom is -0.457 e. The second-order valence-corrected chi connectivity index (χ2v) is 7.14. The van der Waals surface area contributed by atoms with Gasteiger partial charge in [-0.1, -0.05) is 42.0 Å². The highest BCUT2D eigenvalue weighted by molar-refractivity contribution is 6.28. The van der Waals surface area contributed by atoms with Gasteiger partial charge in [0.15, 0.2) is 5.78 Å². The van der Waals surface area contributed by atoms with Crippen LogP contribution in [0.5, 0.6) is 11.5 Å². The van der Waals surface area contributed by atoms with Crippen LogP contribution in [0.25, 0.3) is 22.0 Å². The molecule has 3 aromatic carbocycles. The van der Waals surface area contributed by atoms with Crippen molar-refractivity contribution in [1.29, 1.82) is 0 Å². The molecule has 4 aromatic rings. The van der Waals surface area contributed by atoms with E-state index < -0.39 is 4.92 Å². The fourth-order valence-corrected chi connectivity index (χ4v) is 4.05. The van der Waals surface area contributed by atoms with E-state index in [9.17, 15) is 14.9 Å². The summed E-state index contributed by atoms with van der Waals surface area (Å²) in [5.74, 6) is 0.766. The number of hydrogen-bond donors (Lipinski definition) is 0. The van der Waals surface area contributed by atoms with Gasteiger partial charge in [0.1, 0.15) is 17.0 Å². The molecular weight excluding hydrogens is 368 g/mol. The van der Waals surface area contributed by atoms with Gasteiger partial charge in [-0.2, -0.15) is 0 Å². The molecule has 1 aliphatic rings. The quantitative estimate of drug-likeness (QED) is 0.308. The standard InChI is InChI=1S/C23H16N2O4/c1-13-7-9-14(10-8-13)29-18-12-11-17-20-19(23(24(17)2)25(27)28)15-5-3-4-6-16(15)22(26)21(18)20/h3-12H,1-2H3. The molecule has 0 unspecified atom stereocenters. The molecule has 0 spiro atoms. The highest BCUT2D eigenvalue weighted by Gasteiger charge is 2.37. The molecule has 0 saturated carbocycles. The van der Waals surface area contributed by atoms with Crippen molar-refractivity contribution >= 4 is 22.5 Å².